The number of rotatable bonds is 7. The molecule has 1 N–H and O–H groups in total. The van der Waals surface area contributed by atoms with E-state index in [0.29, 0.717) is 30.9 Å². The van der Waals surface area contributed by atoms with Crippen LogP contribution in [0.15, 0.2) is 53.4 Å². The van der Waals surface area contributed by atoms with Gasteiger partial charge >= 0.3 is 0 Å². The lowest BCUT2D eigenvalue weighted by Gasteiger charge is -2.32. The summed E-state index contributed by atoms with van der Waals surface area (Å²) >= 11 is 0. The van der Waals surface area contributed by atoms with E-state index in [9.17, 15) is 13.2 Å². The summed E-state index contributed by atoms with van der Waals surface area (Å²) in [5.74, 6) is 0.674. The van der Waals surface area contributed by atoms with Crippen LogP contribution in [0.2, 0.25) is 0 Å². The average molecular weight is 433 g/mol. The van der Waals surface area contributed by atoms with Gasteiger partial charge in [-0.1, -0.05) is 24.3 Å². The molecule has 1 amide bonds. The Labute approximate surface area is 178 Å². The molecular weight excluding hydrogens is 404 g/mol. The number of amides is 1. The highest BCUT2D eigenvalue weighted by Gasteiger charge is 2.33. The summed E-state index contributed by atoms with van der Waals surface area (Å²) in [6, 6.07) is 13.6. The minimum absolute atomic E-state index is 0.148. The molecule has 1 fully saturated rings. The van der Waals surface area contributed by atoms with Crippen LogP contribution < -0.4 is 14.8 Å². The Kier molecular flexibility index (Phi) is 6.99. The van der Waals surface area contributed by atoms with Gasteiger partial charge < -0.3 is 14.8 Å². The second-order valence-electron chi connectivity index (χ2n) is 7.36. The van der Waals surface area contributed by atoms with Gasteiger partial charge in [0.25, 0.3) is 0 Å². The fraction of sp³-hybridized carbons (Fsp3) is 0.409. The largest absolute Gasteiger partial charge is 0.493 e. The maximum absolute atomic E-state index is 12.9. The number of carbonyl (C=O) groups excluding carboxylic acids is 1. The van der Waals surface area contributed by atoms with Crippen molar-refractivity contribution in [3.05, 3.63) is 54.1 Å². The van der Waals surface area contributed by atoms with Gasteiger partial charge in [-0.3, -0.25) is 4.79 Å². The molecule has 1 aliphatic heterocycles. The first-order valence-electron chi connectivity index (χ1n) is 9.94. The fourth-order valence-electron chi connectivity index (χ4n) is 3.65. The van der Waals surface area contributed by atoms with Crippen LogP contribution in [0, 0.1) is 5.92 Å². The van der Waals surface area contributed by atoms with Gasteiger partial charge in [-0.15, -0.1) is 0 Å². The topological polar surface area (TPSA) is 84.9 Å². The zero-order valence-corrected chi connectivity index (χ0v) is 18.3. The van der Waals surface area contributed by atoms with E-state index in [2.05, 4.69) is 5.32 Å². The molecule has 30 heavy (non-hydrogen) atoms. The van der Waals surface area contributed by atoms with Crippen molar-refractivity contribution in [1.82, 2.24) is 9.62 Å². The second-order valence-corrected chi connectivity index (χ2v) is 9.30. The minimum atomic E-state index is -3.60. The zero-order valence-electron chi connectivity index (χ0n) is 17.5. The Bertz CT molecular complexity index is 978. The number of carbonyl (C=O) groups is 1. The maximum Gasteiger partial charge on any atom is 0.243 e. The van der Waals surface area contributed by atoms with Gasteiger partial charge in [0.15, 0.2) is 11.5 Å². The van der Waals surface area contributed by atoms with Crippen molar-refractivity contribution >= 4 is 15.9 Å². The number of benzene rings is 2. The first-order valence-corrected chi connectivity index (χ1v) is 11.4. The van der Waals surface area contributed by atoms with E-state index in [-0.39, 0.29) is 29.3 Å². The van der Waals surface area contributed by atoms with Crippen molar-refractivity contribution in [2.45, 2.75) is 30.7 Å². The molecule has 1 aliphatic rings. The Hall–Kier alpha value is -2.58. The molecule has 1 heterocycles. The number of nitrogens with one attached hydrogen (secondary N) is 1. The maximum atomic E-state index is 12.9. The van der Waals surface area contributed by atoms with Gasteiger partial charge in [0.2, 0.25) is 15.9 Å². The monoisotopic (exact) mass is 432 g/mol. The number of sulfonamides is 1. The normalized spacial score (nSPS) is 18.4. The van der Waals surface area contributed by atoms with Crippen molar-refractivity contribution < 1.29 is 22.7 Å². The number of hydrogen-bond acceptors (Lipinski definition) is 5. The molecule has 2 aromatic carbocycles. The molecule has 0 saturated carbocycles. The molecule has 0 spiro atoms. The lowest BCUT2D eigenvalue weighted by atomic mass is 9.98. The third-order valence-corrected chi connectivity index (χ3v) is 7.28. The molecule has 0 aromatic heterocycles. The van der Waals surface area contributed by atoms with E-state index in [1.54, 1.807) is 50.6 Å². The average Bonchev–Trinajstić information content (AvgIpc) is 2.79. The zero-order chi connectivity index (χ0) is 21.7. The van der Waals surface area contributed by atoms with Crippen molar-refractivity contribution in [2.24, 2.45) is 5.92 Å². The molecule has 2 unspecified atom stereocenters. The van der Waals surface area contributed by atoms with E-state index in [4.69, 9.17) is 9.47 Å². The van der Waals surface area contributed by atoms with Crippen molar-refractivity contribution in [3.8, 4) is 11.5 Å². The quantitative estimate of drug-likeness (QED) is 0.727. The van der Waals surface area contributed by atoms with Gasteiger partial charge in [0, 0.05) is 13.1 Å². The Balaban J connectivity index is 1.68. The Morgan fingerprint density at radius 1 is 1.10 bits per heavy atom. The predicted molar refractivity (Wildman–Crippen MR) is 114 cm³/mol. The second kappa shape index (κ2) is 9.49. The highest BCUT2D eigenvalue weighted by atomic mass is 32.2. The molecule has 2 atom stereocenters. The highest BCUT2D eigenvalue weighted by Crippen LogP contribution is 2.30. The fourth-order valence-corrected chi connectivity index (χ4v) is 5.20. The van der Waals surface area contributed by atoms with Crippen LogP contribution in [0.25, 0.3) is 0 Å². The summed E-state index contributed by atoms with van der Waals surface area (Å²) < 4.78 is 37.8. The summed E-state index contributed by atoms with van der Waals surface area (Å²) in [7, 11) is -0.468. The smallest absolute Gasteiger partial charge is 0.243 e. The highest BCUT2D eigenvalue weighted by molar-refractivity contribution is 7.89. The van der Waals surface area contributed by atoms with Crippen LogP contribution in [-0.4, -0.2) is 45.9 Å². The molecule has 2 aromatic rings. The molecular formula is C22H28N2O5S. The molecule has 162 valence electrons. The SMILES string of the molecule is COc1ccc(C(C)NC(=O)C2CCCN(S(=O)(=O)c3ccccc3)C2)cc1OC. The van der Waals surface area contributed by atoms with E-state index in [0.717, 1.165) is 5.56 Å². The summed E-state index contributed by atoms with van der Waals surface area (Å²) in [4.78, 5) is 13.1. The van der Waals surface area contributed by atoms with Crippen LogP contribution in [0.1, 0.15) is 31.4 Å². The minimum Gasteiger partial charge on any atom is -0.493 e. The van der Waals surface area contributed by atoms with Gasteiger partial charge in [-0.05, 0) is 49.6 Å². The molecule has 0 radical (unpaired) electrons. The molecule has 1 saturated heterocycles. The summed E-state index contributed by atoms with van der Waals surface area (Å²) in [5.41, 5.74) is 0.880. The third kappa shape index (κ3) is 4.76. The van der Waals surface area contributed by atoms with E-state index in [1.807, 2.05) is 19.1 Å². The number of hydrogen-bond donors (Lipinski definition) is 1. The first-order chi connectivity index (χ1) is 14.4. The summed E-state index contributed by atoms with van der Waals surface area (Å²) in [5, 5.41) is 3.01. The number of nitrogens with zero attached hydrogens (tertiary/aromatic N) is 1. The van der Waals surface area contributed by atoms with E-state index >= 15 is 0 Å². The van der Waals surface area contributed by atoms with Crippen LogP contribution >= 0.6 is 0 Å². The Morgan fingerprint density at radius 2 is 1.80 bits per heavy atom. The number of ether oxygens (including phenoxy) is 2. The third-order valence-electron chi connectivity index (χ3n) is 5.40. The first kappa shape index (κ1) is 22.1. The van der Waals surface area contributed by atoms with Gasteiger partial charge in [-0.25, -0.2) is 8.42 Å². The number of methoxy groups -OCH3 is 2. The van der Waals surface area contributed by atoms with Crippen LogP contribution in [0.4, 0.5) is 0 Å². The van der Waals surface area contributed by atoms with Gasteiger partial charge in [-0.2, -0.15) is 4.31 Å². The predicted octanol–water partition coefficient (Wildman–Crippen LogP) is 2.98. The van der Waals surface area contributed by atoms with Gasteiger partial charge in [0.05, 0.1) is 31.1 Å². The molecule has 0 bridgehead atoms. The molecule has 3 rings (SSSR count). The van der Waals surface area contributed by atoms with Crippen LogP contribution in [0.3, 0.4) is 0 Å². The lowest BCUT2D eigenvalue weighted by molar-refractivity contribution is -0.126. The van der Waals surface area contributed by atoms with E-state index in [1.165, 1.54) is 4.31 Å². The van der Waals surface area contributed by atoms with Crippen LogP contribution in [-0.2, 0) is 14.8 Å². The van der Waals surface area contributed by atoms with Gasteiger partial charge in [0.1, 0.15) is 0 Å². The molecule has 0 aliphatic carbocycles. The lowest BCUT2D eigenvalue weighted by Crippen LogP contribution is -2.45. The molecule has 7 nitrogen and oxygen atoms in total. The van der Waals surface area contributed by atoms with Crippen molar-refractivity contribution in [2.75, 3.05) is 27.3 Å². The standard InChI is InChI=1S/C22H28N2O5S/c1-16(17-11-12-20(28-2)21(14-17)29-3)23-22(25)18-8-7-13-24(15-18)30(26,27)19-9-5-4-6-10-19/h4-6,9-12,14,16,18H,7-8,13,15H2,1-3H3,(H,23,25). The number of piperidine rings is 1. The van der Waals surface area contributed by atoms with Crippen LogP contribution in [0.5, 0.6) is 11.5 Å². The Morgan fingerprint density at radius 3 is 2.47 bits per heavy atom. The summed E-state index contributed by atoms with van der Waals surface area (Å²) in [6.45, 7) is 2.49. The van der Waals surface area contributed by atoms with Crippen molar-refractivity contribution in [3.63, 3.8) is 0 Å². The molecule has 8 heteroatoms. The van der Waals surface area contributed by atoms with Crippen molar-refractivity contribution in [1.29, 1.82) is 0 Å². The summed E-state index contributed by atoms with van der Waals surface area (Å²) in [6.07, 6.45) is 1.31. The van der Waals surface area contributed by atoms with E-state index < -0.39 is 10.0 Å².